The molecule has 2 aromatic carbocycles. The lowest BCUT2D eigenvalue weighted by atomic mass is 9.94. The van der Waals surface area contributed by atoms with Crippen molar-refractivity contribution in [2.45, 2.75) is 6.04 Å². The summed E-state index contributed by atoms with van der Waals surface area (Å²) in [6.07, 6.45) is 0. The second kappa shape index (κ2) is 9.71. The fraction of sp³-hybridized carbons (Fsp3) is 0.455. The standard InChI is InChI=1S/C22H30N2O5/c1-25-15-6-8-18(26-2)17(14-15)20(24-12-10-23-11-13-24)16-7-9-19(27-3)22(29-5)21(16)28-4/h6-9,14,20,23H,10-13H2,1-5H3. The summed E-state index contributed by atoms with van der Waals surface area (Å²) in [7, 11) is 8.25. The summed E-state index contributed by atoms with van der Waals surface area (Å²) in [5.74, 6) is 3.44. The molecular formula is C22H30N2O5. The molecule has 0 saturated carbocycles. The molecule has 1 heterocycles. The van der Waals surface area contributed by atoms with Gasteiger partial charge >= 0.3 is 0 Å². The molecular weight excluding hydrogens is 372 g/mol. The molecule has 1 unspecified atom stereocenters. The zero-order valence-electron chi connectivity index (χ0n) is 17.8. The van der Waals surface area contributed by atoms with E-state index < -0.39 is 0 Å². The van der Waals surface area contributed by atoms with E-state index in [0.717, 1.165) is 48.8 Å². The minimum atomic E-state index is -0.100. The first-order valence-corrected chi connectivity index (χ1v) is 9.64. The van der Waals surface area contributed by atoms with Gasteiger partial charge in [0.2, 0.25) is 5.75 Å². The minimum Gasteiger partial charge on any atom is -0.497 e. The van der Waals surface area contributed by atoms with E-state index in [1.807, 2.05) is 30.3 Å². The van der Waals surface area contributed by atoms with Gasteiger partial charge in [0.05, 0.1) is 41.6 Å². The molecule has 1 aliphatic rings. The highest BCUT2D eigenvalue weighted by Gasteiger charge is 2.31. The Morgan fingerprint density at radius 2 is 1.38 bits per heavy atom. The fourth-order valence-electron chi connectivity index (χ4n) is 3.89. The third kappa shape index (κ3) is 4.21. The van der Waals surface area contributed by atoms with E-state index in [1.54, 1.807) is 35.5 Å². The molecule has 1 saturated heterocycles. The van der Waals surface area contributed by atoms with Crippen LogP contribution >= 0.6 is 0 Å². The normalized spacial score (nSPS) is 15.5. The lowest BCUT2D eigenvalue weighted by Gasteiger charge is -2.37. The van der Waals surface area contributed by atoms with Crippen molar-refractivity contribution in [3.8, 4) is 28.7 Å². The summed E-state index contributed by atoms with van der Waals surface area (Å²) in [6.45, 7) is 3.61. The van der Waals surface area contributed by atoms with Crippen LogP contribution in [0.1, 0.15) is 17.2 Å². The van der Waals surface area contributed by atoms with Crippen LogP contribution in [-0.4, -0.2) is 66.6 Å². The van der Waals surface area contributed by atoms with Crippen molar-refractivity contribution in [1.29, 1.82) is 0 Å². The van der Waals surface area contributed by atoms with Gasteiger partial charge in [-0.05, 0) is 30.3 Å². The third-order valence-corrected chi connectivity index (χ3v) is 5.28. The molecule has 3 rings (SSSR count). The summed E-state index contributed by atoms with van der Waals surface area (Å²) in [4.78, 5) is 2.41. The Balaban J connectivity index is 2.23. The average molecular weight is 402 g/mol. The Labute approximate surface area is 172 Å². The predicted molar refractivity (Wildman–Crippen MR) is 112 cm³/mol. The lowest BCUT2D eigenvalue weighted by molar-refractivity contribution is 0.191. The largest absolute Gasteiger partial charge is 0.497 e. The maximum atomic E-state index is 5.81. The zero-order valence-corrected chi connectivity index (χ0v) is 17.8. The highest BCUT2D eigenvalue weighted by atomic mass is 16.5. The van der Waals surface area contributed by atoms with Gasteiger partial charge in [-0.15, -0.1) is 0 Å². The smallest absolute Gasteiger partial charge is 0.203 e. The molecule has 0 aliphatic carbocycles. The summed E-state index contributed by atoms with van der Waals surface area (Å²) in [6, 6.07) is 9.72. The summed E-state index contributed by atoms with van der Waals surface area (Å²) >= 11 is 0. The van der Waals surface area contributed by atoms with Crippen molar-refractivity contribution in [3.05, 3.63) is 41.5 Å². The van der Waals surface area contributed by atoms with Gasteiger partial charge in [0.1, 0.15) is 11.5 Å². The number of hydrogen-bond donors (Lipinski definition) is 1. The van der Waals surface area contributed by atoms with Gasteiger partial charge in [0, 0.05) is 37.3 Å². The van der Waals surface area contributed by atoms with Crippen LogP contribution in [0.5, 0.6) is 28.7 Å². The zero-order chi connectivity index (χ0) is 20.8. The van der Waals surface area contributed by atoms with Gasteiger partial charge in [0.15, 0.2) is 11.5 Å². The van der Waals surface area contributed by atoms with Crippen molar-refractivity contribution >= 4 is 0 Å². The molecule has 2 aromatic rings. The molecule has 0 radical (unpaired) electrons. The molecule has 158 valence electrons. The molecule has 0 spiro atoms. The van der Waals surface area contributed by atoms with Gasteiger partial charge < -0.3 is 29.0 Å². The van der Waals surface area contributed by atoms with E-state index >= 15 is 0 Å². The summed E-state index contributed by atoms with van der Waals surface area (Å²) in [5.41, 5.74) is 2.00. The van der Waals surface area contributed by atoms with Crippen LogP contribution in [-0.2, 0) is 0 Å². The van der Waals surface area contributed by atoms with Crippen LogP contribution in [0.25, 0.3) is 0 Å². The monoisotopic (exact) mass is 402 g/mol. The number of ether oxygens (including phenoxy) is 5. The Morgan fingerprint density at radius 1 is 0.724 bits per heavy atom. The van der Waals surface area contributed by atoms with Gasteiger partial charge in [-0.25, -0.2) is 0 Å². The van der Waals surface area contributed by atoms with Crippen molar-refractivity contribution in [2.24, 2.45) is 0 Å². The van der Waals surface area contributed by atoms with Gasteiger partial charge in [-0.3, -0.25) is 4.90 Å². The summed E-state index contributed by atoms with van der Waals surface area (Å²) in [5, 5.41) is 3.42. The van der Waals surface area contributed by atoms with Crippen LogP contribution in [0.3, 0.4) is 0 Å². The number of nitrogens with one attached hydrogen (secondary N) is 1. The third-order valence-electron chi connectivity index (χ3n) is 5.28. The molecule has 0 aromatic heterocycles. The molecule has 1 fully saturated rings. The second-order valence-electron chi connectivity index (χ2n) is 6.72. The van der Waals surface area contributed by atoms with E-state index in [4.69, 9.17) is 23.7 Å². The first kappa shape index (κ1) is 21.1. The van der Waals surface area contributed by atoms with Crippen LogP contribution < -0.4 is 29.0 Å². The average Bonchev–Trinajstić information content (AvgIpc) is 2.79. The highest BCUT2D eigenvalue weighted by molar-refractivity contribution is 5.59. The maximum absolute atomic E-state index is 5.81. The molecule has 0 bridgehead atoms. The van der Waals surface area contributed by atoms with E-state index in [-0.39, 0.29) is 6.04 Å². The number of nitrogens with zero attached hydrogens (tertiary/aromatic N) is 1. The number of methoxy groups -OCH3 is 5. The fourth-order valence-corrected chi connectivity index (χ4v) is 3.89. The van der Waals surface area contributed by atoms with E-state index in [1.165, 1.54) is 0 Å². The Kier molecular flexibility index (Phi) is 7.06. The van der Waals surface area contributed by atoms with Crippen molar-refractivity contribution in [1.82, 2.24) is 10.2 Å². The lowest BCUT2D eigenvalue weighted by Crippen LogP contribution is -2.45. The SMILES string of the molecule is COc1ccc(OC)c(C(c2ccc(OC)c(OC)c2OC)N2CCNCC2)c1. The van der Waals surface area contributed by atoms with Gasteiger partial charge in [0.25, 0.3) is 0 Å². The number of rotatable bonds is 8. The first-order valence-electron chi connectivity index (χ1n) is 9.64. The van der Waals surface area contributed by atoms with Gasteiger partial charge in [-0.2, -0.15) is 0 Å². The van der Waals surface area contributed by atoms with Crippen molar-refractivity contribution in [2.75, 3.05) is 61.7 Å². The van der Waals surface area contributed by atoms with E-state index in [9.17, 15) is 0 Å². The molecule has 1 N–H and O–H groups in total. The molecule has 7 heteroatoms. The molecule has 0 amide bonds. The topological polar surface area (TPSA) is 61.4 Å². The highest BCUT2D eigenvalue weighted by Crippen LogP contribution is 2.47. The van der Waals surface area contributed by atoms with Gasteiger partial charge in [-0.1, -0.05) is 0 Å². The van der Waals surface area contributed by atoms with E-state index in [0.29, 0.717) is 17.2 Å². The molecule has 29 heavy (non-hydrogen) atoms. The number of piperazine rings is 1. The quantitative estimate of drug-likeness (QED) is 0.728. The molecule has 1 aliphatic heterocycles. The second-order valence-corrected chi connectivity index (χ2v) is 6.72. The van der Waals surface area contributed by atoms with Crippen LogP contribution in [0.4, 0.5) is 0 Å². The number of hydrogen-bond acceptors (Lipinski definition) is 7. The summed E-state index contributed by atoms with van der Waals surface area (Å²) < 4.78 is 28.1. The Bertz CT molecular complexity index is 821. The van der Waals surface area contributed by atoms with Crippen LogP contribution in [0.15, 0.2) is 30.3 Å². The number of benzene rings is 2. The maximum Gasteiger partial charge on any atom is 0.203 e. The first-order chi connectivity index (χ1) is 14.2. The van der Waals surface area contributed by atoms with E-state index in [2.05, 4.69) is 10.2 Å². The Hall–Kier alpha value is -2.64. The van der Waals surface area contributed by atoms with Crippen molar-refractivity contribution < 1.29 is 23.7 Å². The van der Waals surface area contributed by atoms with Crippen LogP contribution in [0.2, 0.25) is 0 Å². The molecule has 1 atom stereocenters. The predicted octanol–water partition coefficient (Wildman–Crippen LogP) is 2.72. The molecule has 7 nitrogen and oxygen atoms in total. The minimum absolute atomic E-state index is 0.100. The van der Waals surface area contributed by atoms with Crippen LogP contribution in [0, 0.1) is 0 Å². The van der Waals surface area contributed by atoms with Crippen molar-refractivity contribution in [3.63, 3.8) is 0 Å². The Morgan fingerprint density at radius 3 is 1.97 bits per heavy atom.